The van der Waals surface area contributed by atoms with Crippen LogP contribution in [0.1, 0.15) is 27.2 Å². The summed E-state index contributed by atoms with van der Waals surface area (Å²) in [6.45, 7) is 5.48. The Morgan fingerprint density at radius 3 is 2.29 bits per heavy atom. The van der Waals surface area contributed by atoms with Gasteiger partial charge in [-0.3, -0.25) is 5.41 Å². The lowest BCUT2D eigenvalue weighted by atomic mass is 10.2. The fourth-order valence-corrected chi connectivity index (χ4v) is 2.35. The molecule has 0 bridgehead atoms. The molecule has 4 N–H and O–H groups in total. The number of nitrogens with two attached hydrogens (primary N) is 1. The van der Waals surface area contributed by atoms with E-state index in [4.69, 9.17) is 11.1 Å². The maximum absolute atomic E-state index is 11.4. The van der Waals surface area contributed by atoms with Gasteiger partial charge in [-0.25, -0.2) is 13.1 Å². The summed E-state index contributed by atoms with van der Waals surface area (Å²) in [5.74, 6) is 0.264. The molecule has 1 atom stereocenters. The monoisotopic (exact) mass is 221 g/mol. The van der Waals surface area contributed by atoms with E-state index in [-0.39, 0.29) is 11.6 Å². The Labute approximate surface area is 85.6 Å². The van der Waals surface area contributed by atoms with Gasteiger partial charge in [0.2, 0.25) is 10.0 Å². The van der Waals surface area contributed by atoms with E-state index < -0.39 is 16.1 Å². The molecule has 0 aliphatic heterocycles. The van der Waals surface area contributed by atoms with Crippen LogP contribution in [0.15, 0.2) is 0 Å². The molecule has 0 amide bonds. The second kappa shape index (κ2) is 5.31. The first-order valence-electron chi connectivity index (χ1n) is 4.58. The molecule has 0 aromatic rings. The Balaban J connectivity index is 4.15. The summed E-state index contributed by atoms with van der Waals surface area (Å²) in [5.41, 5.74) is 5.16. The van der Waals surface area contributed by atoms with Gasteiger partial charge >= 0.3 is 0 Å². The number of sulfonamides is 1. The van der Waals surface area contributed by atoms with E-state index >= 15 is 0 Å². The molecule has 0 spiro atoms. The molecule has 0 aromatic carbocycles. The van der Waals surface area contributed by atoms with Gasteiger partial charge in [0.05, 0.1) is 11.8 Å². The highest BCUT2D eigenvalue weighted by molar-refractivity contribution is 7.89. The van der Waals surface area contributed by atoms with Crippen LogP contribution in [0.2, 0.25) is 0 Å². The smallest absolute Gasteiger partial charge is 0.212 e. The van der Waals surface area contributed by atoms with Crippen LogP contribution in [0.5, 0.6) is 0 Å². The highest BCUT2D eigenvalue weighted by Gasteiger charge is 2.16. The predicted octanol–water partition coefficient (Wildman–Crippen LogP) is 0.276. The Hall–Kier alpha value is -0.620. The lowest BCUT2D eigenvalue weighted by Crippen LogP contribution is -2.42. The summed E-state index contributed by atoms with van der Waals surface area (Å²) >= 11 is 0. The van der Waals surface area contributed by atoms with Crippen molar-refractivity contribution in [2.75, 3.05) is 5.75 Å². The minimum atomic E-state index is -3.29. The minimum Gasteiger partial charge on any atom is -0.386 e. The normalized spacial score (nSPS) is 14.3. The average Bonchev–Trinajstić information content (AvgIpc) is 2.00. The second-order valence-electron chi connectivity index (χ2n) is 3.80. The molecule has 0 aliphatic carbocycles. The topological polar surface area (TPSA) is 96.0 Å². The van der Waals surface area contributed by atoms with Gasteiger partial charge in [0.15, 0.2) is 0 Å². The number of hydrogen-bond donors (Lipinski definition) is 3. The summed E-state index contributed by atoms with van der Waals surface area (Å²) in [6.07, 6.45) is 0.611. The molecule has 0 fully saturated rings. The molecule has 0 aromatic heterocycles. The van der Waals surface area contributed by atoms with Crippen LogP contribution in [0.3, 0.4) is 0 Å². The van der Waals surface area contributed by atoms with Gasteiger partial charge in [-0.05, 0) is 19.3 Å². The van der Waals surface area contributed by atoms with Crippen molar-refractivity contribution in [2.24, 2.45) is 11.7 Å². The van der Waals surface area contributed by atoms with Crippen molar-refractivity contribution in [3.05, 3.63) is 0 Å². The van der Waals surface area contributed by atoms with Gasteiger partial charge in [-0.15, -0.1) is 0 Å². The predicted molar refractivity (Wildman–Crippen MR) is 57.8 cm³/mol. The van der Waals surface area contributed by atoms with Crippen LogP contribution in [0, 0.1) is 11.3 Å². The molecular formula is C8H19N3O2S. The minimum absolute atomic E-state index is 0.0856. The van der Waals surface area contributed by atoms with Crippen LogP contribution in [0.4, 0.5) is 0 Å². The van der Waals surface area contributed by atoms with Crippen LogP contribution in [-0.2, 0) is 10.0 Å². The fraction of sp³-hybridized carbons (Fsp3) is 0.875. The van der Waals surface area contributed by atoms with E-state index in [1.54, 1.807) is 6.92 Å². The molecule has 0 heterocycles. The van der Waals surface area contributed by atoms with E-state index in [0.717, 1.165) is 0 Å². The van der Waals surface area contributed by atoms with E-state index in [9.17, 15) is 8.42 Å². The number of nitrogens with one attached hydrogen (secondary N) is 2. The van der Waals surface area contributed by atoms with Crippen LogP contribution in [-0.4, -0.2) is 26.0 Å². The third-order valence-corrected chi connectivity index (χ3v) is 3.27. The first kappa shape index (κ1) is 13.4. The van der Waals surface area contributed by atoms with Crippen molar-refractivity contribution in [1.82, 2.24) is 4.72 Å². The third kappa shape index (κ3) is 5.93. The SMILES string of the molecule is CC(C)CCS(=O)(=O)NC(C)C(=N)N. The van der Waals surface area contributed by atoms with Crippen molar-refractivity contribution >= 4 is 15.9 Å². The lowest BCUT2D eigenvalue weighted by molar-refractivity contribution is 0.559. The fourth-order valence-electron chi connectivity index (χ4n) is 0.783. The Bertz CT molecular complexity index is 285. The summed E-state index contributed by atoms with van der Waals surface area (Å²) in [7, 11) is -3.29. The second-order valence-corrected chi connectivity index (χ2v) is 5.67. The molecule has 0 saturated carbocycles. The van der Waals surface area contributed by atoms with Gasteiger partial charge in [0.25, 0.3) is 0 Å². The third-order valence-electron chi connectivity index (χ3n) is 1.79. The largest absolute Gasteiger partial charge is 0.386 e. The Morgan fingerprint density at radius 1 is 1.43 bits per heavy atom. The molecule has 0 aliphatic rings. The molecule has 84 valence electrons. The van der Waals surface area contributed by atoms with Gasteiger partial charge in [0, 0.05) is 0 Å². The van der Waals surface area contributed by atoms with Crippen LogP contribution < -0.4 is 10.5 Å². The highest BCUT2D eigenvalue weighted by Crippen LogP contribution is 2.02. The zero-order valence-electron chi connectivity index (χ0n) is 8.87. The maximum Gasteiger partial charge on any atom is 0.212 e. The standard InChI is InChI=1S/C8H19N3O2S/c1-6(2)4-5-14(12,13)11-7(3)8(9)10/h6-7,11H,4-5H2,1-3H3,(H3,9,10). The van der Waals surface area contributed by atoms with E-state index in [1.807, 2.05) is 13.8 Å². The van der Waals surface area contributed by atoms with Crippen molar-refractivity contribution in [3.63, 3.8) is 0 Å². The lowest BCUT2D eigenvalue weighted by Gasteiger charge is -2.13. The van der Waals surface area contributed by atoms with Crippen molar-refractivity contribution in [2.45, 2.75) is 33.2 Å². The molecule has 14 heavy (non-hydrogen) atoms. The van der Waals surface area contributed by atoms with Gasteiger partial charge in [-0.2, -0.15) is 0 Å². The Morgan fingerprint density at radius 2 is 1.93 bits per heavy atom. The van der Waals surface area contributed by atoms with E-state index in [1.165, 1.54) is 0 Å². The number of rotatable bonds is 6. The molecule has 6 heteroatoms. The Kier molecular flexibility index (Phi) is 5.07. The van der Waals surface area contributed by atoms with Crippen LogP contribution >= 0.6 is 0 Å². The van der Waals surface area contributed by atoms with Crippen molar-refractivity contribution in [3.8, 4) is 0 Å². The molecule has 5 nitrogen and oxygen atoms in total. The quantitative estimate of drug-likeness (QED) is 0.444. The number of hydrogen-bond acceptors (Lipinski definition) is 3. The summed E-state index contributed by atoms with van der Waals surface area (Å²) in [5, 5.41) is 7.05. The highest BCUT2D eigenvalue weighted by atomic mass is 32.2. The summed E-state index contributed by atoms with van der Waals surface area (Å²) in [6, 6.07) is -0.618. The van der Waals surface area contributed by atoms with Crippen LogP contribution in [0.25, 0.3) is 0 Å². The molecule has 0 rings (SSSR count). The van der Waals surface area contributed by atoms with E-state index in [0.29, 0.717) is 12.3 Å². The molecular weight excluding hydrogens is 202 g/mol. The van der Waals surface area contributed by atoms with E-state index in [2.05, 4.69) is 4.72 Å². The van der Waals surface area contributed by atoms with Gasteiger partial charge < -0.3 is 5.73 Å². The van der Waals surface area contributed by atoms with Gasteiger partial charge in [-0.1, -0.05) is 13.8 Å². The maximum atomic E-state index is 11.4. The number of amidine groups is 1. The molecule has 0 saturated heterocycles. The average molecular weight is 221 g/mol. The molecule has 0 radical (unpaired) electrons. The summed E-state index contributed by atoms with van der Waals surface area (Å²) < 4.78 is 25.1. The van der Waals surface area contributed by atoms with Gasteiger partial charge in [0.1, 0.15) is 5.84 Å². The first-order valence-corrected chi connectivity index (χ1v) is 6.23. The van der Waals surface area contributed by atoms with Crippen molar-refractivity contribution < 1.29 is 8.42 Å². The zero-order chi connectivity index (χ0) is 11.4. The molecule has 1 unspecified atom stereocenters. The van der Waals surface area contributed by atoms with Crippen molar-refractivity contribution in [1.29, 1.82) is 5.41 Å². The zero-order valence-corrected chi connectivity index (χ0v) is 9.69. The summed E-state index contributed by atoms with van der Waals surface area (Å²) in [4.78, 5) is 0. The first-order chi connectivity index (χ1) is 6.24.